The van der Waals surface area contributed by atoms with Gasteiger partial charge in [0.25, 0.3) is 0 Å². The molecule has 1 aliphatic heterocycles. The average Bonchev–Trinajstić information content (AvgIpc) is 2.21. The summed E-state index contributed by atoms with van der Waals surface area (Å²) >= 11 is 3.39. The van der Waals surface area contributed by atoms with Crippen molar-refractivity contribution >= 4 is 15.9 Å². The number of aliphatic hydroxyl groups excluding tert-OH is 1. The predicted molar refractivity (Wildman–Crippen MR) is 67.2 cm³/mol. The van der Waals surface area contributed by atoms with Crippen LogP contribution in [0, 0.1) is 0 Å². The van der Waals surface area contributed by atoms with Crippen molar-refractivity contribution in [3.05, 3.63) is 11.1 Å². The molecule has 4 heteroatoms. The maximum atomic E-state index is 9.21. The lowest BCUT2D eigenvalue weighted by atomic mass is 10.1. The molecule has 0 radical (unpaired) electrons. The molecule has 1 atom stereocenters. The zero-order valence-electron chi connectivity index (χ0n) is 9.45. The summed E-state index contributed by atoms with van der Waals surface area (Å²) in [7, 11) is 0. The minimum Gasteiger partial charge on any atom is -0.395 e. The van der Waals surface area contributed by atoms with Crippen molar-refractivity contribution < 1.29 is 5.11 Å². The van der Waals surface area contributed by atoms with Crippen LogP contribution in [0.2, 0.25) is 0 Å². The van der Waals surface area contributed by atoms with E-state index < -0.39 is 0 Å². The molecule has 1 rings (SSSR count). The normalized spacial score (nSPS) is 21.5. The van der Waals surface area contributed by atoms with Gasteiger partial charge in [-0.05, 0) is 6.42 Å². The third-order valence-electron chi connectivity index (χ3n) is 3.00. The summed E-state index contributed by atoms with van der Waals surface area (Å²) in [6.45, 7) is 11.5. The van der Waals surface area contributed by atoms with E-state index in [4.69, 9.17) is 0 Å². The van der Waals surface area contributed by atoms with Crippen molar-refractivity contribution in [1.82, 2.24) is 9.80 Å². The first kappa shape index (κ1) is 13.2. The molecule has 3 nitrogen and oxygen atoms in total. The fourth-order valence-electron chi connectivity index (χ4n) is 2.03. The molecule has 0 aromatic carbocycles. The van der Waals surface area contributed by atoms with E-state index >= 15 is 0 Å². The van der Waals surface area contributed by atoms with E-state index in [-0.39, 0.29) is 6.61 Å². The first-order valence-corrected chi connectivity index (χ1v) is 6.37. The molecule has 0 spiro atoms. The summed E-state index contributed by atoms with van der Waals surface area (Å²) in [6, 6.07) is 0.347. The Hall–Kier alpha value is 0.1000. The lowest BCUT2D eigenvalue weighted by molar-refractivity contribution is 0.0678. The molecule has 0 bridgehead atoms. The number of aliphatic hydroxyl groups is 1. The number of hydrogen-bond acceptors (Lipinski definition) is 3. The maximum absolute atomic E-state index is 9.21. The molecule has 1 fully saturated rings. The Kier molecular flexibility index (Phi) is 5.82. The fraction of sp³-hybridized carbons (Fsp3) is 0.818. The third kappa shape index (κ3) is 4.23. The van der Waals surface area contributed by atoms with Gasteiger partial charge in [0.1, 0.15) is 0 Å². The monoisotopic (exact) mass is 276 g/mol. The Labute approximate surface area is 101 Å². The van der Waals surface area contributed by atoms with Gasteiger partial charge in [-0.25, -0.2) is 0 Å². The van der Waals surface area contributed by atoms with E-state index in [1.807, 2.05) is 0 Å². The van der Waals surface area contributed by atoms with E-state index in [1.165, 1.54) is 0 Å². The van der Waals surface area contributed by atoms with E-state index in [0.717, 1.165) is 43.6 Å². The van der Waals surface area contributed by atoms with Crippen molar-refractivity contribution in [1.29, 1.82) is 0 Å². The van der Waals surface area contributed by atoms with Crippen LogP contribution in [-0.4, -0.2) is 60.3 Å². The van der Waals surface area contributed by atoms with Crippen LogP contribution < -0.4 is 0 Å². The molecule has 0 saturated carbocycles. The van der Waals surface area contributed by atoms with Gasteiger partial charge in [-0.2, -0.15) is 0 Å². The number of hydrogen-bond donors (Lipinski definition) is 1. The highest BCUT2D eigenvalue weighted by Crippen LogP contribution is 2.11. The van der Waals surface area contributed by atoms with Gasteiger partial charge in [-0.15, -0.1) is 0 Å². The van der Waals surface area contributed by atoms with Crippen LogP contribution in [0.3, 0.4) is 0 Å². The lowest BCUT2D eigenvalue weighted by Gasteiger charge is -2.38. The Morgan fingerprint density at radius 3 is 2.40 bits per heavy atom. The molecule has 1 heterocycles. The molecular weight excluding hydrogens is 256 g/mol. The fourth-order valence-corrected chi connectivity index (χ4v) is 2.39. The van der Waals surface area contributed by atoms with Crippen LogP contribution in [-0.2, 0) is 0 Å². The Morgan fingerprint density at radius 1 is 1.40 bits per heavy atom. The lowest BCUT2D eigenvalue weighted by Crippen LogP contribution is -2.51. The smallest absolute Gasteiger partial charge is 0.0586 e. The molecule has 0 amide bonds. The van der Waals surface area contributed by atoms with Gasteiger partial charge in [-0.1, -0.05) is 29.4 Å². The number of rotatable bonds is 5. The minimum atomic E-state index is 0.279. The van der Waals surface area contributed by atoms with Crippen molar-refractivity contribution in [2.75, 3.05) is 39.3 Å². The quantitative estimate of drug-likeness (QED) is 0.820. The standard InChI is InChI=1S/C11H21BrN2O/c1-3-11(9-15)14-6-4-13(5-7-14)8-10(2)12/h11,15H,2-9H2,1H3. The number of piperazine rings is 1. The van der Waals surface area contributed by atoms with Gasteiger partial charge in [0.15, 0.2) is 0 Å². The van der Waals surface area contributed by atoms with Gasteiger partial charge in [0.05, 0.1) is 6.61 Å². The summed E-state index contributed by atoms with van der Waals surface area (Å²) < 4.78 is 1.05. The highest BCUT2D eigenvalue weighted by atomic mass is 79.9. The van der Waals surface area contributed by atoms with E-state index in [0.29, 0.717) is 6.04 Å². The average molecular weight is 277 g/mol. The SMILES string of the molecule is C=C(Br)CN1CCN(C(CC)CO)CC1. The Bertz CT molecular complexity index is 199. The molecule has 88 valence electrons. The summed E-state index contributed by atoms with van der Waals surface area (Å²) in [5.41, 5.74) is 0. The molecule has 0 aliphatic carbocycles. The molecule has 1 aliphatic rings. The second-order valence-corrected chi connectivity index (χ2v) is 5.20. The number of halogens is 1. The molecular formula is C11H21BrN2O. The third-order valence-corrected chi connectivity index (χ3v) is 3.25. The zero-order chi connectivity index (χ0) is 11.3. The van der Waals surface area contributed by atoms with Crippen LogP contribution in [0.5, 0.6) is 0 Å². The molecule has 0 aromatic rings. The van der Waals surface area contributed by atoms with Crippen molar-refractivity contribution in [2.45, 2.75) is 19.4 Å². The van der Waals surface area contributed by atoms with E-state index in [2.05, 4.69) is 39.2 Å². The molecule has 1 N–H and O–H groups in total. The minimum absolute atomic E-state index is 0.279. The Balaban J connectivity index is 2.31. The van der Waals surface area contributed by atoms with Crippen molar-refractivity contribution in [3.63, 3.8) is 0 Å². The predicted octanol–water partition coefficient (Wildman–Crippen LogP) is 1.28. The highest BCUT2D eigenvalue weighted by Gasteiger charge is 2.21. The van der Waals surface area contributed by atoms with Crippen molar-refractivity contribution in [3.8, 4) is 0 Å². The van der Waals surface area contributed by atoms with Gasteiger partial charge in [0.2, 0.25) is 0 Å². The van der Waals surface area contributed by atoms with Crippen LogP contribution in [0.15, 0.2) is 11.1 Å². The van der Waals surface area contributed by atoms with Gasteiger partial charge in [0, 0.05) is 43.2 Å². The molecule has 15 heavy (non-hydrogen) atoms. The molecule has 1 unspecified atom stereocenters. The first-order chi connectivity index (χ1) is 7.17. The topological polar surface area (TPSA) is 26.7 Å². The largest absolute Gasteiger partial charge is 0.395 e. The summed E-state index contributed by atoms with van der Waals surface area (Å²) in [4.78, 5) is 4.77. The van der Waals surface area contributed by atoms with Gasteiger partial charge < -0.3 is 5.11 Å². The van der Waals surface area contributed by atoms with Gasteiger partial charge >= 0.3 is 0 Å². The van der Waals surface area contributed by atoms with Crippen LogP contribution in [0.25, 0.3) is 0 Å². The summed E-state index contributed by atoms with van der Waals surface area (Å²) in [5.74, 6) is 0. The second-order valence-electron chi connectivity index (χ2n) is 4.07. The zero-order valence-corrected chi connectivity index (χ0v) is 11.0. The highest BCUT2D eigenvalue weighted by molar-refractivity contribution is 9.11. The van der Waals surface area contributed by atoms with Gasteiger partial charge in [-0.3, -0.25) is 9.80 Å². The van der Waals surface area contributed by atoms with E-state index in [9.17, 15) is 5.11 Å². The summed E-state index contributed by atoms with van der Waals surface area (Å²) in [5, 5.41) is 9.21. The molecule has 0 aromatic heterocycles. The molecule has 1 saturated heterocycles. The van der Waals surface area contributed by atoms with Crippen LogP contribution in [0.4, 0.5) is 0 Å². The van der Waals surface area contributed by atoms with E-state index in [1.54, 1.807) is 0 Å². The first-order valence-electron chi connectivity index (χ1n) is 5.58. The van der Waals surface area contributed by atoms with Crippen molar-refractivity contribution in [2.24, 2.45) is 0 Å². The maximum Gasteiger partial charge on any atom is 0.0586 e. The summed E-state index contributed by atoms with van der Waals surface area (Å²) in [6.07, 6.45) is 1.03. The number of nitrogens with zero attached hydrogens (tertiary/aromatic N) is 2. The van der Waals surface area contributed by atoms with Crippen LogP contribution >= 0.6 is 15.9 Å². The Morgan fingerprint density at radius 2 is 2.00 bits per heavy atom. The van der Waals surface area contributed by atoms with Crippen LogP contribution in [0.1, 0.15) is 13.3 Å². The second kappa shape index (κ2) is 6.63.